The number of aromatic nitrogens is 3. The summed E-state index contributed by atoms with van der Waals surface area (Å²) in [5.41, 5.74) is -0.335. The Kier molecular flexibility index (Phi) is 4.17. The molecule has 2 heterocycles. The van der Waals surface area contributed by atoms with Crippen molar-refractivity contribution in [3.8, 4) is 11.6 Å². The quantitative estimate of drug-likeness (QED) is 0.488. The maximum atomic E-state index is 11.2. The van der Waals surface area contributed by atoms with Gasteiger partial charge >= 0.3 is 11.6 Å². The third-order valence-corrected chi connectivity index (χ3v) is 2.23. The van der Waals surface area contributed by atoms with E-state index in [4.69, 9.17) is 4.74 Å². The number of ether oxygens (including phenoxy) is 1. The summed E-state index contributed by atoms with van der Waals surface area (Å²) >= 11 is 0. The fourth-order valence-corrected chi connectivity index (χ4v) is 1.42. The highest BCUT2D eigenvalue weighted by molar-refractivity contribution is 5.61. The normalized spacial score (nSPS) is 9.80. The molecular weight excluding hydrogens is 262 g/mol. The number of nitro groups is 1. The number of hydrogen-bond donors (Lipinski definition) is 1. The molecule has 102 valence electrons. The van der Waals surface area contributed by atoms with Crippen molar-refractivity contribution in [2.24, 2.45) is 0 Å². The van der Waals surface area contributed by atoms with Crippen molar-refractivity contribution < 1.29 is 9.66 Å². The van der Waals surface area contributed by atoms with Gasteiger partial charge in [0.1, 0.15) is 12.1 Å². The zero-order valence-corrected chi connectivity index (χ0v) is 10.4. The van der Waals surface area contributed by atoms with Gasteiger partial charge in [0, 0.05) is 12.7 Å². The van der Waals surface area contributed by atoms with Crippen molar-refractivity contribution in [1.82, 2.24) is 15.0 Å². The molecule has 2 rings (SSSR count). The Bertz CT molecular complexity index is 618. The fraction of sp³-hybridized carbons (Fsp3) is 0.0833. The van der Waals surface area contributed by atoms with E-state index in [0.717, 1.165) is 0 Å². The lowest BCUT2D eigenvalue weighted by Crippen LogP contribution is -2.06. The Morgan fingerprint density at radius 2 is 2.35 bits per heavy atom. The first-order valence-electron chi connectivity index (χ1n) is 5.64. The van der Waals surface area contributed by atoms with Gasteiger partial charge in [0.25, 0.3) is 0 Å². The van der Waals surface area contributed by atoms with Gasteiger partial charge in [0.2, 0.25) is 5.82 Å². The molecule has 0 aliphatic rings. The molecule has 0 saturated carbocycles. The van der Waals surface area contributed by atoms with Gasteiger partial charge in [-0.3, -0.25) is 15.1 Å². The summed E-state index contributed by atoms with van der Waals surface area (Å²) in [7, 11) is 0. The molecule has 8 heteroatoms. The predicted molar refractivity (Wildman–Crippen MR) is 71.7 cm³/mol. The van der Waals surface area contributed by atoms with Gasteiger partial charge in [-0.1, -0.05) is 6.08 Å². The maximum Gasteiger partial charge on any atom is 0.373 e. The number of nitrogens with one attached hydrogen (secondary N) is 1. The lowest BCUT2D eigenvalue weighted by atomic mass is 10.4. The van der Waals surface area contributed by atoms with E-state index < -0.39 is 4.92 Å². The first-order valence-corrected chi connectivity index (χ1v) is 5.64. The van der Waals surface area contributed by atoms with Crippen LogP contribution in [0.3, 0.4) is 0 Å². The summed E-state index contributed by atoms with van der Waals surface area (Å²) in [5.74, 6) is 0.275. The molecule has 2 aromatic heterocycles. The predicted octanol–water partition coefficient (Wildman–Crippen LogP) is 2.17. The van der Waals surface area contributed by atoms with Crippen LogP contribution in [0.25, 0.3) is 0 Å². The summed E-state index contributed by atoms with van der Waals surface area (Å²) in [6.07, 6.45) is 5.75. The monoisotopic (exact) mass is 273 g/mol. The van der Waals surface area contributed by atoms with Crippen molar-refractivity contribution in [1.29, 1.82) is 0 Å². The second kappa shape index (κ2) is 6.23. The van der Waals surface area contributed by atoms with Crippen molar-refractivity contribution in [3.63, 3.8) is 0 Å². The minimum atomic E-state index is -0.600. The van der Waals surface area contributed by atoms with E-state index in [1.54, 1.807) is 24.4 Å². The van der Waals surface area contributed by atoms with Gasteiger partial charge in [-0.05, 0) is 12.1 Å². The molecular formula is C12H11N5O3. The molecule has 0 bridgehead atoms. The molecule has 20 heavy (non-hydrogen) atoms. The molecule has 8 nitrogen and oxygen atoms in total. The highest BCUT2D eigenvalue weighted by Crippen LogP contribution is 2.33. The molecule has 2 aromatic rings. The highest BCUT2D eigenvalue weighted by atomic mass is 16.6. The van der Waals surface area contributed by atoms with Gasteiger partial charge < -0.3 is 10.1 Å². The third kappa shape index (κ3) is 3.05. The minimum Gasteiger partial charge on any atom is -0.432 e. The molecule has 0 aliphatic carbocycles. The standard InChI is InChI=1S/C12H11N5O3/c1-2-5-14-11-10(17(18)19)12(16-8-15-11)20-9-4-3-6-13-7-9/h2-4,6-8H,1,5H2,(H,14,15,16). The summed E-state index contributed by atoms with van der Waals surface area (Å²) < 4.78 is 5.37. The van der Waals surface area contributed by atoms with Gasteiger partial charge in [0.15, 0.2) is 0 Å². The average molecular weight is 273 g/mol. The number of hydrogen-bond acceptors (Lipinski definition) is 7. The van der Waals surface area contributed by atoms with Crippen LogP contribution in [0.5, 0.6) is 11.6 Å². The van der Waals surface area contributed by atoms with E-state index in [0.29, 0.717) is 12.3 Å². The van der Waals surface area contributed by atoms with E-state index in [2.05, 4.69) is 26.8 Å². The molecule has 0 aliphatic heterocycles. The summed E-state index contributed by atoms with van der Waals surface area (Å²) in [4.78, 5) is 22.0. The molecule has 1 N–H and O–H groups in total. The highest BCUT2D eigenvalue weighted by Gasteiger charge is 2.24. The number of pyridine rings is 1. The second-order valence-electron chi connectivity index (χ2n) is 3.59. The SMILES string of the molecule is C=CCNc1ncnc(Oc2cccnc2)c1[N+](=O)[O-]. The minimum absolute atomic E-state index is 0.0730. The van der Waals surface area contributed by atoms with Crippen molar-refractivity contribution >= 4 is 11.5 Å². The zero-order chi connectivity index (χ0) is 14.4. The van der Waals surface area contributed by atoms with Crippen LogP contribution in [0.15, 0.2) is 43.5 Å². The van der Waals surface area contributed by atoms with Crippen LogP contribution in [-0.4, -0.2) is 26.4 Å². The first kappa shape index (κ1) is 13.4. The largest absolute Gasteiger partial charge is 0.432 e. The van der Waals surface area contributed by atoms with Crippen LogP contribution in [0.4, 0.5) is 11.5 Å². The van der Waals surface area contributed by atoms with E-state index in [1.807, 2.05) is 0 Å². The van der Waals surface area contributed by atoms with Gasteiger partial charge in [-0.15, -0.1) is 6.58 Å². The number of nitrogens with zero attached hydrogens (tertiary/aromatic N) is 4. The van der Waals surface area contributed by atoms with Crippen molar-refractivity contribution in [2.45, 2.75) is 0 Å². The molecule has 0 aromatic carbocycles. The topological polar surface area (TPSA) is 103 Å². The van der Waals surface area contributed by atoms with Crippen molar-refractivity contribution in [2.75, 3.05) is 11.9 Å². The fourth-order valence-electron chi connectivity index (χ4n) is 1.42. The van der Waals surface area contributed by atoms with E-state index in [9.17, 15) is 10.1 Å². The lowest BCUT2D eigenvalue weighted by Gasteiger charge is -2.07. The first-order chi connectivity index (χ1) is 9.72. The average Bonchev–Trinajstić information content (AvgIpc) is 2.46. The summed E-state index contributed by atoms with van der Waals surface area (Å²) in [6.45, 7) is 3.86. The smallest absolute Gasteiger partial charge is 0.373 e. The molecule has 0 amide bonds. The van der Waals surface area contributed by atoms with Crippen LogP contribution >= 0.6 is 0 Å². The second-order valence-corrected chi connectivity index (χ2v) is 3.59. The maximum absolute atomic E-state index is 11.2. The van der Waals surface area contributed by atoms with Crippen LogP contribution in [0.2, 0.25) is 0 Å². The molecule has 0 spiro atoms. The Morgan fingerprint density at radius 1 is 1.50 bits per heavy atom. The molecule has 0 radical (unpaired) electrons. The Morgan fingerprint density at radius 3 is 3.00 bits per heavy atom. The Balaban J connectivity index is 2.36. The van der Waals surface area contributed by atoms with Gasteiger partial charge in [0.05, 0.1) is 11.1 Å². The zero-order valence-electron chi connectivity index (χ0n) is 10.4. The van der Waals surface area contributed by atoms with Crippen LogP contribution in [0.1, 0.15) is 0 Å². The number of rotatable bonds is 6. The Hall–Kier alpha value is -3.03. The van der Waals surface area contributed by atoms with Gasteiger partial charge in [-0.25, -0.2) is 4.98 Å². The van der Waals surface area contributed by atoms with Crippen molar-refractivity contribution in [3.05, 3.63) is 53.6 Å². The molecule has 0 fully saturated rings. The third-order valence-electron chi connectivity index (χ3n) is 2.23. The summed E-state index contributed by atoms with van der Waals surface area (Å²) in [6, 6.07) is 3.27. The number of anilines is 1. The van der Waals surface area contributed by atoms with E-state index in [-0.39, 0.29) is 17.4 Å². The van der Waals surface area contributed by atoms with Crippen LogP contribution < -0.4 is 10.1 Å². The lowest BCUT2D eigenvalue weighted by molar-refractivity contribution is -0.385. The summed E-state index contributed by atoms with van der Waals surface area (Å²) in [5, 5.41) is 13.9. The van der Waals surface area contributed by atoms with Crippen LogP contribution in [-0.2, 0) is 0 Å². The Labute approximate surface area is 114 Å². The van der Waals surface area contributed by atoms with E-state index >= 15 is 0 Å². The molecule has 0 atom stereocenters. The molecule has 0 saturated heterocycles. The van der Waals surface area contributed by atoms with Gasteiger partial charge in [-0.2, -0.15) is 4.98 Å². The van der Waals surface area contributed by atoms with Crippen LogP contribution in [0, 0.1) is 10.1 Å². The molecule has 0 unspecified atom stereocenters. The van der Waals surface area contributed by atoms with E-state index in [1.165, 1.54) is 12.5 Å².